The fourth-order valence-corrected chi connectivity index (χ4v) is 4.80. The lowest BCUT2D eigenvalue weighted by atomic mass is 10.1. The molecule has 9 nitrogen and oxygen atoms in total. The molecule has 10 heteroatoms. The number of pyridine rings is 1. The van der Waals surface area contributed by atoms with Crippen LogP contribution in [0.1, 0.15) is 11.1 Å². The van der Waals surface area contributed by atoms with Crippen molar-refractivity contribution in [3.05, 3.63) is 103 Å². The molecule has 2 N–H and O–H groups in total. The fraction of sp³-hybridized carbons (Fsp3) is 0.125. The first-order valence-electron chi connectivity index (χ1n) is 10.5. The minimum atomic E-state index is -3.85. The third-order valence-corrected chi connectivity index (χ3v) is 6.84. The van der Waals surface area contributed by atoms with Crippen LogP contribution in [0.4, 0.5) is 5.69 Å². The van der Waals surface area contributed by atoms with Gasteiger partial charge in [0.05, 0.1) is 5.69 Å². The normalized spacial score (nSPS) is 11.4. The molecular formula is C24H23N5O4S. The van der Waals surface area contributed by atoms with Crippen molar-refractivity contribution in [1.29, 1.82) is 0 Å². The van der Waals surface area contributed by atoms with Crippen LogP contribution in [0.3, 0.4) is 0 Å². The Morgan fingerprint density at radius 2 is 1.76 bits per heavy atom. The smallest absolute Gasteiger partial charge is 0.322 e. The summed E-state index contributed by atoms with van der Waals surface area (Å²) in [5, 5.41) is 15.9. The summed E-state index contributed by atoms with van der Waals surface area (Å²) >= 11 is 0. The van der Waals surface area contributed by atoms with Gasteiger partial charge in [-0.25, -0.2) is 13.1 Å². The number of hydrogen-bond donors (Lipinski definition) is 2. The quantitative estimate of drug-likeness (QED) is 0.360. The second-order valence-electron chi connectivity index (χ2n) is 7.53. The van der Waals surface area contributed by atoms with Gasteiger partial charge in [0.2, 0.25) is 10.0 Å². The first-order valence-corrected chi connectivity index (χ1v) is 11.9. The van der Waals surface area contributed by atoms with Gasteiger partial charge < -0.3 is 10.4 Å². The van der Waals surface area contributed by atoms with Gasteiger partial charge in [0.1, 0.15) is 11.4 Å². The summed E-state index contributed by atoms with van der Waals surface area (Å²) in [5.41, 5.74) is 2.99. The van der Waals surface area contributed by atoms with Crippen LogP contribution >= 0.6 is 0 Å². The van der Waals surface area contributed by atoms with Crippen molar-refractivity contribution in [2.75, 3.05) is 11.9 Å². The number of rotatable bonds is 10. The maximum atomic E-state index is 13.5. The molecule has 0 aliphatic heterocycles. The van der Waals surface area contributed by atoms with Crippen molar-refractivity contribution in [2.24, 2.45) is 0 Å². The third kappa shape index (κ3) is 5.66. The Kier molecular flexibility index (Phi) is 7.00. The first-order chi connectivity index (χ1) is 16.4. The van der Waals surface area contributed by atoms with Crippen molar-refractivity contribution in [3.8, 4) is 5.69 Å². The second-order valence-corrected chi connectivity index (χ2v) is 9.46. The van der Waals surface area contributed by atoms with E-state index in [1.807, 2.05) is 36.5 Å². The first kappa shape index (κ1) is 23.1. The Hall–Kier alpha value is -4.02. The maximum Gasteiger partial charge on any atom is 0.322 e. The lowest BCUT2D eigenvalue weighted by Gasteiger charge is -2.23. The second kappa shape index (κ2) is 10.3. The largest absolute Gasteiger partial charge is 0.480 e. The van der Waals surface area contributed by atoms with Gasteiger partial charge in [0.25, 0.3) is 0 Å². The van der Waals surface area contributed by atoms with E-state index in [0.29, 0.717) is 5.69 Å². The van der Waals surface area contributed by atoms with Crippen molar-refractivity contribution < 1.29 is 18.3 Å². The standard InChI is InChI=1S/C24H23N5O4S/c30-24(31)16-26-21-5-1-4-20(14-21)18-28(34(32,33)23-6-2-11-25-15-23)17-19-7-9-22(10-8-19)29-13-3-12-27-29/h1-15,26H,16-18H2,(H,30,31). The molecular weight excluding hydrogens is 454 g/mol. The maximum absolute atomic E-state index is 13.5. The van der Waals surface area contributed by atoms with Crippen LogP contribution in [-0.2, 0) is 27.9 Å². The number of hydrogen-bond acceptors (Lipinski definition) is 6. The van der Waals surface area contributed by atoms with E-state index < -0.39 is 16.0 Å². The Bertz CT molecular complexity index is 1340. The molecule has 34 heavy (non-hydrogen) atoms. The third-order valence-electron chi connectivity index (χ3n) is 5.07. The number of benzene rings is 2. The van der Waals surface area contributed by atoms with E-state index in [4.69, 9.17) is 5.11 Å². The van der Waals surface area contributed by atoms with Gasteiger partial charge in [-0.15, -0.1) is 0 Å². The van der Waals surface area contributed by atoms with Crippen molar-refractivity contribution in [3.63, 3.8) is 0 Å². The molecule has 0 fully saturated rings. The van der Waals surface area contributed by atoms with Crippen LogP contribution in [0, 0.1) is 0 Å². The number of aromatic nitrogens is 3. The lowest BCUT2D eigenvalue weighted by Crippen LogP contribution is -2.30. The number of carbonyl (C=O) groups is 1. The minimum absolute atomic E-state index is 0.0979. The highest BCUT2D eigenvalue weighted by atomic mass is 32.2. The van der Waals surface area contributed by atoms with Gasteiger partial charge in [0, 0.05) is 43.6 Å². The van der Waals surface area contributed by atoms with E-state index in [9.17, 15) is 13.2 Å². The van der Waals surface area contributed by atoms with Gasteiger partial charge in [-0.2, -0.15) is 9.40 Å². The highest BCUT2D eigenvalue weighted by Gasteiger charge is 2.25. The number of nitrogens with zero attached hydrogens (tertiary/aromatic N) is 4. The lowest BCUT2D eigenvalue weighted by molar-refractivity contribution is -0.134. The van der Waals surface area contributed by atoms with E-state index in [1.54, 1.807) is 41.2 Å². The Morgan fingerprint density at radius 1 is 0.971 bits per heavy atom. The Balaban J connectivity index is 1.61. The van der Waals surface area contributed by atoms with Crippen LogP contribution in [0.5, 0.6) is 0 Å². The van der Waals surface area contributed by atoms with Crippen molar-refractivity contribution >= 4 is 21.7 Å². The molecule has 0 aliphatic carbocycles. The predicted octanol–water partition coefficient (Wildman–Crippen LogP) is 3.15. The molecule has 0 spiro atoms. The topological polar surface area (TPSA) is 117 Å². The van der Waals surface area contributed by atoms with E-state index in [2.05, 4.69) is 15.4 Å². The van der Waals surface area contributed by atoms with Crippen LogP contribution in [0.15, 0.2) is 96.4 Å². The van der Waals surface area contributed by atoms with Gasteiger partial charge in [-0.1, -0.05) is 24.3 Å². The average molecular weight is 478 g/mol. The fourth-order valence-electron chi connectivity index (χ4n) is 3.41. The molecule has 0 unspecified atom stereocenters. The van der Waals surface area contributed by atoms with Crippen LogP contribution in [0.25, 0.3) is 5.69 Å². The summed E-state index contributed by atoms with van der Waals surface area (Å²) in [5.74, 6) is -0.982. The summed E-state index contributed by atoms with van der Waals surface area (Å²) in [7, 11) is -3.85. The van der Waals surface area contributed by atoms with Crippen LogP contribution in [0.2, 0.25) is 0 Å². The molecule has 174 valence electrons. The zero-order chi connectivity index (χ0) is 24.0. The van der Waals surface area contributed by atoms with E-state index >= 15 is 0 Å². The van der Waals surface area contributed by atoms with Crippen LogP contribution in [-0.4, -0.2) is 45.1 Å². The van der Waals surface area contributed by atoms with Gasteiger partial charge in [-0.3, -0.25) is 9.78 Å². The van der Waals surface area contributed by atoms with Gasteiger partial charge >= 0.3 is 5.97 Å². The summed E-state index contributed by atoms with van der Waals surface area (Å²) in [4.78, 5) is 14.9. The number of carboxylic acid groups (broad SMARTS) is 1. The molecule has 4 aromatic rings. The van der Waals surface area contributed by atoms with Crippen molar-refractivity contribution in [1.82, 2.24) is 19.1 Å². The zero-order valence-corrected chi connectivity index (χ0v) is 19.0. The Labute approximate surface area is 197 Å². The molecule has 0 saturated carbocycles. The molecule has 0 aliphatic rings. The minimum Gasteiger partial charge on any atom is -0.480 e. The number of carboxylic acids is 1. The molecule has 0 saturated heterocycles. The van der Waals surface area contributed by atoms with E-state index in [1.165, 1.54) is 22.8 Å². The number of nitrogens with one attached hydrogen (secondary N) is 1. The van der Waals surface area contributed by atoms with Crippen LogP contribution < -0.4 is 5.32 Å². The highest BCUT2D eigenvalue weighted by Crippen LogP contribution is 2.22. The molecule has 4 rings (SSSR count). The summed E-state index contributed by atoms with van der Waals surface area (Å²) in [6.07, 6.45) is 6.37. The SMILES string of the molecule is O=C(O)CNc1cccc(CN(Cc2ccc(-n3cccn3)cc2)S(=O)(=O)c2cccnc2)c1. The summed E-state index contributed by atoms with van der Waals surface area (Å²) < 4.78 is 30.1. The number of anilines is 1. The summed E-state index contributed by atoms with van der Waals surface area (Å²) in [6, 6.07) is 19.5. The Morgan fingerprint density at radius 3 is 2.44 bits per heavy atom. The zero-order valence-electron chi connectivity index (χ0n) is 18.2. The summed E-state index contributed by atoms with van der Waals surface area (Å²) in [6.45, 7) is 0.00781. The molecule has 2 aromatic carbocycles. The molecule has 2 heterocycles. The molecule has 0 radical (unpaired) electrons. The number of aliphatic carboxylic acids is 1. The monoisotopic (exact) mass is 477 g/mol. The predicted molar refractivity (Wildman–Crippen MR) is 127 cm³/mol. The van der Waals surface area contributed by atoms with E-state index in [-0.39, 0.29) is 24.5 Å². The molecule has 0 atom stereocenters. The highest BCUT2D eigenvalue weighted by molar-refractivity contribution is 7.89. The van der Waals surface area contributed by atoms with Crippen molar-refractivity contribution in [2.45, 2.75) is 18.0 Å². The van der Waals surface area contributed by atoms with Gasteiger partial charge in [0.15, 0.2) is 0 Å². The molecule has 0 bridgehead atoms. The number of sulfonamides is 1. The molecule has 0 amide bonds. The molecule has 2 aromatic heterocycles. The van der Waals surface area contributed by atoms with E-state index in [0.717, 1.165) is 16.8 Å². The van der Waals surface area contributed by atoms with Gasteiger partial charge in [-0.05, 0) is 53.6 Å². The average Bonchev–Trinajstić information content (AvgIpc) is 3.39.